The highest BCUT2D eigenvalue weighted by Gasteiger charge is 2.31. The predicted octanol–water partition coefficient (Wildman–Crippen LogP) is 5.14. The van der Waals surface area contributed by atoms with Crippen LogP contribution in [0.2, 0.25) is 5.02 Å². The number of nitrogens with zero attached hydrogens (tertiary/aromatic N) is 1. The van der Waals surface area contributed by atoms with Crippen LogP contribution in [0.4, 0.5) is 18.9 Å². The Morgan fingerprint density at radius 2 is 1.87 bits per heavy atom. The number of hydrogen-bond acceptors (Lipinski definition) is 3. The van der Waals surface area contributed by atoms with Crippen molar-refractivity contribution in [2.45, 2.75) is 31.0 Å². The van der Waals surface area contributed by atoms with Crippen LogP contribution in [0.3, 0.4) is 0 Å². The van der Waals surface area contributed by atoms with Crippen LogP contribution in [0, 0.1) is 0 Å². The largest absolute Gasteiger partial charge is 0.416 e. The van der Waals surface area contributed by atoms with Crippen molar-refractivity contribution in [1.29, 1.82) is 0 Å². The number of aromatic nitrogens is 1. The van der Waals surface area contributed by atoms with Crippen LogP contribution >= 0.6 is 11.6 Å². The molecule has 160 valence electrons. The molecule has 0 saturated carbocycles. The minimum absolute atomic E-state index is 0.00293. The van der Waals surface area contributed by atoms with Crippen molar-refractivity contribution in [2.75, 3.05) is 11.1 Å². The quantitative estimate of drug-likeness (QED) is 0.556. The van der Waals surface area contributed by atoms with Gasteiger partial charge < -0.3 is 9.88 Å². The lowest BCUT2D eigenvalue weighted by Gasteiger charge is -2.11. The number of carbonyl (C=O) groups is 1. The average molecular weight is 459 g/mol. The average Bonchev–Trinajstić information content (AvgIpc) is 3.02. The van der Waals surface area contributed by atoms with Crippen molar-refractivity contribution in [3.63, 3.8) is 0 Å². The molecule has 0 aliphatic carbocycles. The van der Waals surface area contributed by atoms with Crippen molar-refractivity contribution >= 4 is 43.9 Å². The molecule has 0 radical (unpaired) electrons. The van der Waals surface area contributed by atoms with E-state index < -0.39 is 33.2 Å². The number of amides is 1. The van der Waals surface area contributed by atoms with Crippen LogP contribution in [0.1, 0.15) is 18.9 Å². The molecule has 1 N–H and O–H groups in total. The topological polar surface area (TPSA) is 68.2 Å². The number of aryl methyl sites for hydroxylation is 1. The van der Waals surface area contributed by atoms with Gasteiger partial charge in [0.2, 0.25) is 5.91 Å². The van der Waals surface area contributed by atoms with Gasteiger partial charge >= 0.3 is 6.18 Å². The van der Waals surface area contributed by atoms with Gasteiger partial charge in [0.05, 0.1) is 21.2 Å². The number of nitrogens with one attached hydrogen (secondary N) is 1. The van der Waals surface area contributed by atoms with Gasteiger partial charge in [-0.3, -0.25) is 4.79 Å². The Labute approximate surface area is 176 Å². The van der Waals surface area contributed by atoms with Crippen LogP contribution in [-0.4, -0.2) is 24.6 Å². The summed E-state index contributed by atoms with van der Waals surface area (Å²) in [5.41, 5.74) is -0.591. The maximum atomic E-state index is 12.9. The van der Waals surface area contributed by atoms with E-state index in [2.05, 4.69) is 5.32 Å². The Balaban J connectivity index is 1.88. The van der Waals surface area contributed by atoms with Crippen molar-refractivity contribution in [1.82, 2.24) is 4.57 Å². The number of carbonyl (C=O) groups excluding carboxylic acids is 1. The molecule has 0 unspecified atom stereocenters. The second kappa shape index (κ2) is 8.31. The first kappa shape index (κ1) is 22.2. The lowest BCUT2D eigenvalue weighted by molar-refractivity contribution is -0.137. The normalized spacial score (nSPS) is 12.3. The molecule has 0 atom stereocenters. The van der Waals surface area contributed by atoms with E-state index in [1.54, 1.807) is 28.8 Å². The number of benzene rings is 2. The summed E-state index contributed by atoms with van der Waals surface area (Å²) >= 11 is 5.86. The van der Waals surface area contributed by atoms with Crippen molar-refractivity contribution in [3.05, 3.63) is 59.2 Å². The zero-order valence-corrected chi connectivity index (χ0v) is 17.4. The molecular weight excluding hydrogens is 441 g/mol. The molecule has 30 heavy (non-hydrogen) atoms. The molecule has 1 amide bonds. The van der Waals surface area contributed by atoms with Crippen molar-refractivity contribution < 1.29 is 26.4 Å². The van der Waals surface area contributed by atoms with E-state index in [1.165, 1.54) is 6.20 Å². The number of para-hydroxylation sites is 1. The highest BCUT2D eigenvalue weighted by molar-refractivity contribution is 7.92. The SMILES string of the molecule is CCCn1cc(S(=O)(=O)CC(=O)Nc2cc(C(F)(F)F)ccc2Cl)c2ccccc21. The van der Waals surface area contributed by atoms with Crippen LogP contribution in [0.25, 0.3) is 10.9 Å². The highest BCUT2D eigenvalue weighted by atomic mass is 35.5. The van der Waals surface area contributed by atoms with Gasteiger partial charge in [0.15, 0.2) is 9.84 Å². The first-order chi connectivity index (χ1) is 14.0. The second-order valence-corrected chi connectivity index (χ2v) is 9.07. The third-order valence-corrected chi connectivity index (χ3v) is 6.41. The molecule has 1 heterocycles. The highest BCUT2D eigenvalue weighted by Crippen LogP contribution is 2.34. The lowest BCUT2D eigenvalue weighted by Crippen LogP contribution is -2.23. The number of fused-ring (bicyclic) bond motifs is 1. The third kappa shape index (κ3) is 4.62. The fourth-order valence-corrected chi connectivity index (χ4v) is 4.65. The third-order valence-electron chi connectivity index (χ3n) is 4.44. The molecule has 10 heteroatoms. The number of alkyl halides is 3. The number of anilines is 1. The van der Waals surface area contributed by atoms with Gasteiger partial charge in [-0.25, -0.2) is 8.42 Å². The van der Waals surface area contributed by atoms with E-state index in [1.807, 2.05) is 6.92 Å². The van der Waals surface area contributed by atoms with Gasteiger partial charge in [-0.2, -0.15) is 13.2 Å². The number of hydrogen-bond donors (Lipinski definition) is 1. The van der Waals surface area contributed by atoms with E-state index in [9.17, 15) is 26.4 Å². The molecule has 1 aromatic heterocycles. The summed E-state index contributed by atoms with van der Waals surface area (Å²) < 4.78 is 66.2. The van der Waals surface area contributed by atoms with Crippen LogP contribution in [-0.2, 0) is 27.4 Å². The van der Waals surface area contributed by atoms with Crippen molar-refractivity contribution in [2.24, 2.45) is 0 Å². The Bertz CT molecular complexity index is 1200. The molecule has 3 rings (SSSR count). The first-order valence-electron chi connectivity index (χ1n) is 9.00. The second-order valence-electron chi connectivity index (χ2n) is 6.70. The number of halogens is 4. The Morgan fingerprint density at radius 3 is 2.53 bits per heavy atom. The smallest absolute Gasteiger partial charge is 0.346 e. The van der Waals surface area contributed by atoms with E-state index in [0.29, 0.717) is 18.0 Å². The molecule has 5 nitrogen and oxygen atoms in total. The van der Waals surface area contributed by atoms with Crippen LogP contribution in [0.15, 0.2) is 53.6 Å². The standard InChI is InChI=1S/C20H18ClF3N2O3S/c1-2-9-26-11-18(14-5-3-4-6-17(14)26)30(28,29)12-19(27)25-16-10-13(20(22,23)24)7-8-15(16)21/h3-8,10-11H,2,9,12H2,1H3,(H,25,27). The molecule has 0 saturated heterocycles. The first-order valence-corrected chi connectivity index (χ1v) is 11.0. The zero-order valence-electron chi connectivity index (χ0n) is 15.8. The number of rotatable bonds is 6. The maximum Gasteiger partial charge on any atom is 0.416 e. The van der Waals surface area contributed by atoms with E-state index >= 15 is 0 Å². The molecule has 0 bridgehead atoms. The number of sulfone groups is 1. The van der Waals surface area contributed by atoms with Gasteiger partial charge in [0.25, 0.3) is 0 Å². The van der Waals surface area contributed by atoms with Gasteiger partial charge in [-0.1, -0.05) is 36.7 Å². The lowest BCUT2D eigenvalue weighted by atomic mass is 10.2. The monoisotopic (exact) mass is 458 g/mol. The zero-order chi connectivity index (χ0) is 22.1. The molecule has 2 aromatic carbocycles. The van der Waals surface area contributed by atoms with E-state index in [4.69, 9.17) is 11.6 Å². The van der Waals surface area contributed by atoms with Crippen LogP contribution in [0.5, 0.6) is 0 Å². The fourth-order valence-electron chi connectivity index (χ4n) is 3.12. The summed E-state index contributed by atoms with van der Waals surface area (Å²) in [6.07, 6.45) is -2.36. The fraction of sp³-hybridized carbons (Fsp3) is 0.250. The van der Waals surface area contributed by atoms with Gasteiger partial charge in [0.1, 0.15) is 5.75 Å². The summed E-state index contributed by atoms with van der Waals surface area (Å²) in [6.45, 7) is 2.55. The summed E-state index contributed by atoms with van der Waals surface area (Å²) in [7, 11) is -4.05. The Morgan fingerprint density at radius 1 is 1.17 bits per heavy atom. The van der Waals surface area contributed by atoms with Crippen molar-refractivity contribution in [3.8, 4) is 0 Å². The van der Waals surface area contributed by atoms with Gasteiger partial charge in [-0.05, 0) is 30.7 Å². The Kier molecular flexibility index (Phi) is 6.14. The summed E-state index contributed by atoms with van der Waals surface area (Å²) in [6, 6.07) is 9.35. The van der Waals surface area contributed by atoms with E-state index in [-0.39, 0.29) is 15.6 Å². The molecule has 3 aromatic rings. The summed E-state index contributed by atoms with van der Waals surface area (Å²) in [5.74, 6) is -1.91. The minimum Gasteiger partial charge on any atom is -0.346 e. The maximum absolute atomic E-state index is 12.9. The van der Waals surface area contributed by atoms with Gasteiger partial charge in [-0.15, -0.1) is 0 Å². The summed E-state index contributed by atoms with van der Waals surface area (Å²) in [4.78, 5) is 12.3. The van der Waals surface area contributed by atoms with Crippen LogP contribution < -0.4 is 5.32 Å². The molecule has 0 fully saturated rings. The predicted molar refractivity (Wildman–Crippen MR) is 109 cm³/mol. The Hall–Kier alpha value is -2.52. The van der Waals surface area contributed by atoms with Gasteiger partial charge in [0, 0.05) is 23.6 Å². The summed E-state index contributed by atoms with van der Waals surface area (Å²) in [5, 5.41) is 2.52. The minimum atomic E-state index is -4.63. The molecule has 0 spiro atoms. The van der Waals surface area contributed by atoms with E-state index in [0.717, 1.165) is 24.1 Å². The molecule has 0 aliphatic heterocycles. The molecule has 0 aliphatic rings. The molecular formula is C20H18ClF3N2O3S.